The molecule has 2 rings (SSSR count). The second-order valence-electron chi connectivity index (χ2n) is 5.87. The molecule has 0 aliphatic rings. The summed E-state index contributed by atoms with van der Waals surface area (Å²) in [5.74, 6) is -0.0977. The minimum Gasteiger partial charge on any atom is -0.380 e. The van der Waals surface area contributed by atoms with Gasteiger partial charge in [-0.05, 0) is 45.4 Å². The summed E-state index contributed by atoms with van der Waals surface area (Å²) < 4.78 is 5.07. The number of benzene rings is 1. The largest absolute Gasteiger partial charge is 0.380 e. The molecule has 0 unspecified atom stereocenters. The molecule has 4 nitrogen and oxygen atoms in total. The molecule has 0 aliphatic heterocycles. The highest BCUT2D eigenvalue weighted by molar-refractivity contribution is 7.11. The average molecular weight is 318 g/mol. The maximum atomic E-state index is 12.4. The van der Waals surface area contributed by atoms with Crippen molar-refractivity contribution in [2.24, 2.45) is 0 Å². The first-order chi connectivity index (χ1) is 10.3. The van der Waals surface area contributed by atoms with Gasteiger partial charge in [0.15, 0.2) is 0 Å². The molecule has 1 aromatic carbocycles. The van der Waals surface area contributed by atoms with Gasteiger partial charge in [0, 0.05) is 17.6 Å². The van der Waals surface area contributed by atoms with Gasteiger partial charge in [-0.15, -0.1) is 11.3 Å². The molecule has 0 fully saturated rings. The van der Waals surface area contributed by atoms with Crippen molar-refractivity contribution in [3.63, 3.8) is 0 Å². The molecule has 22 heavy (non-hydrogen) atoms. The quantitative estimate of drug-likeness (QED) is 0.917. The fraction of sp³-hybridized carbons (Fsp3) is 0.412. The molecule has 1 heterocycles. The number of aromatic nitrogens is 1. The number of aryl methyl sites for hydroxylation is 2. The Hall–Kier alpha value is -1.72. The summed E-state index contributed by atoms with van der Waals surface area (Å²) in [5, 5.41) is 3.98. The van der Waals surface area contributed by atoms with E-state index in [2.05, 4.69) is 10.3 Å². The lowest BCUT2D eigenvalue weighted by atomic mass is 10.1. The predicted molar refractivity (Wildman–Crippen MR) is 89.2 cm³/mol. The Morgan fingerprint density at radius 3 is 2.41 bits per heavy atom. The van der Waals surface area contributed by atoms with Crippen molar-refractivity contribution in [3.8, 4) is 0 Å². The van der Waals surface area contributed by atoms with Crippen molar-refractivity contribution in [2.75, 3.05) is 7.11 Å². The van der Waals surface area contributed by atoms with E-state index in [9.17, 15) is 4.79 Å². The lowest BCUT2D eigenvalue weighted by Gasteiger charge is -2.24. The van der Waals surface area contributed by atoms with Gasteiger partial charge in [-0.1, -0.05) is 12.1 Å². The van der Waals surface area contributed by atoms with Crippen LogP contribution in [0.25, 0.3) is 0 Å². The lowest BCUT2D eigenvalue weighted by Crippen LogP contribution is -2.40. The number of hydrogen-bond donors (Lipinski definition) is 1. The SMILES string of the molecule is COCc1ccc(C(=O)NC(C)(C)c2nc(C)c(C)s2)cc1. The summed E-state index contributed by atoms with van der Waals surface area (Å²) in [4.78, 5) is 18.2. The van der Waals surface area contributed by atoms with Crippen molar-refractivity contribution >= 4 is 17.2 Å². The molecule has 5 heteroatoms. The highest BCUT2D eigenvalue weighted by Crippen LogP contribution is 2.27. The zero-order valence-corrected chi connectivity index (χ0v) is 14.5. The van der Waals surface area contributed by atoms with E-state index in [-0.39, 0.29) is 5.91 Å². The molecule has 1 aromatic heterocycles. The van der Waals surface area contributed by atoms with Crippen LogP contribution in [0.5, 0.6) is 0 Å². The first-order valence-electron chi connectivity index (χ1n) is 7.18. The Labute approximate surface area is 135 Å². The number of ether oxygens (including phenoxy) is 1. The van der Waals surface area contributed by atoms with Crippen LogP contribution >= 0.6 is 11.3 Å². The van der Waals surface area contributed by atoms with Gasteiger partial charge in [0.2, 0.25) is 0 Å². The molecule has 1 amide bonds. The maximum absolute atomic E-state index is 12.4. The van der Waals surface area contributed by atoms with Gasteiger partial charge in [-0.25, -0.2) is 4.98 Å². The Balaban J connectivity index is 2.12. The molecular formula is C17H22N2O2S. The van der Waals surface area contributed by atoms with Gasteiger partial charge < -0.3 is 10.1 Å². The first kappa shape index (κ1) is 16.6. The van der Waals surface area contributed by atoms with Crippen molar-refractivity contribution in [3.05, 3.63) is 51.0 Å². The van der Waals surface area contributed by atoms with Crippen LogP contribution in [0.1, 0.15) is 45.3 Å². The Morgan fingerprint density at radius 2 is 1.91 bits per heavy atom. The number of methoxy groups -OCH3 is 1. The number of hydrogen-bond acceptors (Lipinski definition) is 4. The third-order valence-electron chi connectivity index (χ3n) is 3.52. The summed E-state index contributed by atoms with van der Waals surface area (Å²) in [6.45, 7) is 8.53. The minimum absolute atomic E-state index is 0.0977. The van der Waals surface area contributed by atoms with Gasteiger partial charge in [0.05, 0.1) is 17.8 Å². The van der Waals surface area contributed by atoms with Crippen LogP contribution in [0, 0.1) is 13.8 Å². The van der Waals surface area contributed by atoms with Crippen LogP contribution < -0.4 is 5.32 Å². The standard InChI is InChI=1S/C17H22N2O2S/c1-11-12(2)22-16(18-11)17(3,4)19-15(20)14-8-6-13(7-9-14)10-21-5/h6-9H,10H2,1-5H3,(H,19,20). The van der Waals surface area contributed by atoms with E-state index in [1.807, 2.05) is 52.0 Å². The van der Waals surface area contributed by atoms with E-state index in [0.717, 1.165) is 16.3 Å². The van der Waals surface area contributed by atoms with Crippen LogP contribution in [0.4, 0.5) is 0 Å². The van der Waals surface area contributed by atoms with Crippen LogP contribution in [-0.4, -0.2) is 18.0 Å². The number of thiazole rings is 1. The minimum atomic E-state index is -0.494. The first-order valence-corrected chi connectivity index (χ1v) is 8.00. The van der Waals surface area contributed by atoms with E-state index in [1.54, 1.807) is 18.4 Å². The van der Waals surface area contributed by atoms with Crippen LogP contribution in [0.3, 0.4) is 0 Å². The molecule has 0 aliphatic carbocycles. The van der Waals surface area contributed by atoms with Gasteiger partial charge in [-0.2, -0.15) is 0 Å². The van der Waals surface area contributed by atoms with Gasteiger partial charge in [-0.3, -0.25) is 4.79 Å². The molecular weight excluding hydrogens is 296 g/mol. The third-order valence-corrected chi connectivity index (χ3v) is 4.91. The molecule has 0 saturated heterocycles. The number of rotatable bonds is 5. The summed E-state index contributed by atoms with van der Waals surface area (Å²) in [6, 6.07) is 7.45. The Morgan fingerprint density at radius 1 is 1.27 bits per heavy atom. The molecule has 0 bridgehead atoms. The Bertz CT molecular complexity index is 640. The molecule has 1 N–H and O–H groups in total. The molecule has 2 aromatic rings. The van der Waals surface area contributed by atoms with E-state index in [4.69, 9.17) is 4.74 Å². The average Bonchev–Trinajstić information content (AvgIpc) is 2.80. The normalized spacial score (nSPS) is 11.5. The number of nitrogens with zero attached hydrogens (tertiary/aromatic N) is 1. The number of carbonyl (C=O) groups excluding carboxylic acids is 1. The van der Waals surface area contributed by atoms with Crippen LogP contribution in [0.15, 0.2) is 24.3 Å². The fourth-order valence-electron chi connectivity index (χ4n) is 2.07. The van der Waals surface area contributed by atoms with Crippen LogP contribution in [-0.2, 0) is 16.9 Å². The van der Waals surface area contributed by atoms with E-state index in [0.29, 0.717) is 12.2 Å². The van der Waals surface area contributed by atoms with Crippen molar-refractivity contribution in [2.45, 2.75) is 39.8 Å². The smallest absolute Gasteiger partial charge is 0.252 e. The zero-order chi connectivity index (χ0) is 16.3. The van der Waals surface area contributed by atoms with Crippen molar-refractivity contribution in [1.82, 2.24) is 10.3 Å². The summed E-state index contributed by atoms with van der Waals surface area (Å²) in [5.41, 5.74) is 2.21. The summed E-state index contributed by atoms with van der Waals surface area (Å²) in [7, 11) is 1.65. The van der Waals surface area contributed by atoms with E-state index < -0.39 is 5.54 Å². The highest BCUT2D eigenvalue weighted by Gasteiger charge is 2.27. The highest BCUT2D eigenvalue weighted by atomic mass is 32.1. The molecule has 0 atom stereocenters. The Kier molecular flexibility index (Phi) is 4.98. The molecule has 0 spiro atoms. The molecule has 0 saturated carbocycles. The van der Waals surface area contributed by atoms with Crippen molar-refractivity contribution < 1.29 is 9.53 Å². The van der Waals surface area contributed by atoms with E-state index in [1.165, 1.54) is 4.88 Å². The fourth-order valence-corrected chi connectivity index (χ4v) is 3.04. The van der Waals surface area contributed by atoms with Gasteiger partial charge >= 0.3 is 0 Å². The maximum Gasteiger partial charge on any atom is 0.252 e. The van der Waals surface area contributed by atoms with Gasteiger partial charge in [0.1, 0.15) is 5.01 Å². The lowest BCUT2D eigenvalue weighted by molar-refractivity contribution is 0.0911. The summed E-state index contributed by atoms with van der Waals surface area (Å²) >= 11 is 1.63. The van der Waals surface area contributed by atoms with E-state index >= 15 is 0 Å². The number of nitrogens with one attached hydrogen (secondary N) is 1. The second kappa shape index (κ2) is 6.58. The zero-order valence-electron chi connectivity index (χ0n) is 13.7. The number of carbonyl (C=O) groups is 1. The third kappa shape index (κ3) is 3.72. The topological polar surface area (TPSA) is 51.2 Å². The monoisotopic (exact) mass is 318 g/mol. The van der Waals surface area contributed by atoms with Crippen LogP contribution in [0.2, 0.25) is 0 Å². The summed E-state index contributed by atoms with van der Waals surface area (Å²) in [6.07, 6.45) is 0. The van der Waals surface area contributed by atoms with Gasteiger partial charge in [0.25, 0.3) is 5.91 Å². The molecule has 118 valence electrons. The number of amides is 1. The van der Waals surface area contributed by atoms with Crippen molar-refractivity contribution in [1.29, 1.82) is 0 Å². The predicted octanol–water partition coefficient (Wildman–Crippen LogP) is 3.57. The molecule has 0 radical (unpaired) electrons. The second-order valence-corrected chi connectivity index (χ2v) is 7.07.